The molecule has 31 heavy (non-hydrogen) atoms. The van der Waals surface area contributed by atoms with E-state index < -0.39 is 39.9 Å². The van der Waals surface area contributed by atoms with Crippen LogP contribution in [0.5, 0.6) is 0 Å². The zero-order valence-corrected chi connectivity index (χ0v) is 18.3. The molecule has 8 nitrogen and oxygen atoms in total. The van der Waals surface area contributed by atoms with Gasteiger partial charge < -0.3 is 14.8 Å². The molecule has 166 valence electrons. The van der Waals surface area contributed by atoms with E-state index >= 15 is 0 Å². The number of hydrogen-bond acceptors (Lipinski definition) is 6. The van der Waals surface area contributed by atoms with Crippen LogP contribution in [0.15, 0.2) is 41.3 Å². The lowest BCUT2D eigenvalue weighted by atomic mass is 10.2. The Bertz CT molecular complexity index is 1110. The lowest BCUT2D eigenvalue weighted by Gasteiger charge is -2.26. The average Bonchev–Trinajstić information content (AvgIpc) is 2.75. The van der Waals surface area contributed by atoms with E-state index in [9.17, 15) is 22.4 Å². The summed E-state index contributed by atoms with van der Waals surface area (Å²) in [6.07, 6.45) is 0. The fraction of sp³-hybridized carbons (Fsp3) is 0.263. The zero-order chi connectivity index (χ0) is 22.6. The molecule has 1 saturated heterocycles. The van der Waals surface area contributed by atoms with Crippen molar-refractivity contribution in [2.75, 3.05) is 38.2 Å². The topological polar surface area (TPSA) is 102 Å². The van der Waals surface area contributed by atoms with E-state index in [0.717, 1.165) is 18.2 Å². The Balaban J connectivity index is 1.67. The molecule has 0 spiro atoms. The number of morpholine rings is 1. The van der Waals surface area contributed by atoms with E-state index in [1.807, 2.05) is 0 Å². The maximum absolute atomic E-state index is 14.1. The number of sulfonamides is 1. The maximum atomic E-state index is 14.1. The van der Waals surface area contributed by atoms with E-state index in [4.69, 9.17) is 32.7 Å². The first-order valence-electron chi connectivity index (χ1n) is 8.98. The molecule has 0 saturated carbocycles. The zero-order valence-electron chi connectivity index (χ0n) is 15.9. The van der Waals surface area contributed by atoms with Gasteiger partial charge in [0.2, 0.25) is 10.0 Å². The van der Waals surface area contributed by atoms with Crippen molar-refractivity contribution in [1.29, 1.82) is 0 Å². The van der Waals surface area contributed by atoms with Crippen LogP contribution in [-0.2, 0) is 24.3 Å². The molecular formula is C19H17Cl2FN2O6S. The van der Waals surface area contributed by atoms with Crippen LogP contribution in [0.4, 0.5) is 10.1 Å². The van der Waals surface area contributed by atoms with Crippen LogP contribution in [0.25, 0.3) is 0 Å². The quantitative estimate of drug-likeness (QED) is 0.624. The van der Waals surface area contributed by atoms with Crippen molar-refractivity contribution in [2.24, 2.45) is 0 Å². The Hall–Kier alpha value is -2.24. The van der Waals surface area contributed by atoms with Gasteiger partial charge in [0, 0.05) is 18.8 Å². The number of amides is 1. The molecule has 0 radical (unpaired) electrons. The number of benzene rings is 2. The molecule has 2 aromatic carbocycles. The van der Waals surface area contributed by atoms with E-state index in [0.29, 0.717) is 10.7 Å². The Morgan fingerprint density at radius 3 is 2.48 bits per heavy atom. The van der Waals surface area contributed by atoms with Gasteiger partial charge in [-0.1, -0.05) is 23.2 Å². The molecule has 1 N–H and O–H groups in total. The highest BCUT2D eigenvalue weighted by atomic mass is 35.5. The number of nitrogens with one attached hydrogen (secondary N) is 1. The van der Waals surface area contributed by atoms with Crippen molar-refractivity contribution in [1.82, 2.24) is 4.31 Å². The number of halogens is 3. The highest BCUT2D eigenvalue weighted by Crippen LogP contribution is 2.25. The number of esters is 1. The van der Waals surface area contributed by atoms with Gasteiger partial charge in [-0.3, -0.25) is 4.79 Å². The first kappa shape index (κ1) is 23.4. The number of nitrogens with zero attached hydrogens (tertiary/aromatic N) is 1. The van der Waals surface area contributed by atoms with Crippen LogP contribution in [0, 0.1) is 5.82 Å². The third-order valence-electron chi connectivity index (χ3n) is 4.30. The van der Waals surface area contributed by atoms with Crippen molar-refractivity contribution in [3.8, 4) is 0 Å². The van der Waals surface area contributed by atoms with E-state index in [1.165, 1.54) is 22.5 Å². The molecule has 2 aromatic rings. The number of rotatable bonds is 6. The van der Waals surface area contributed by atoms with E-state index in [-0.39, 0.29) is 36.2 Å². The normalized spacial score (nSPS) is 14.8. The number of carbonyl (C=O) groups excluding carboxylic acids is 2. The molecule has 0 unspecified atom stereocenters. The van der Waals surface area contributed by atoms with Gasteiger partial charge in [-0.15, -0.1) is 0 Å². The summed E-state index contributed by atoms with van der Waals surface area (Å²) in [5.41, 5.74) is -0.281. The highest BCUT2D eigenvalue weighted by Gasteiger charge is 2.28. The first-order valence-corrected chi connectivity index (χ1v) is 11.2. The second-order valence-corrected chi connectivity index (χ2v) is 9.16. The van der Waals surface area contributed by atoms with Crippen molar-refractivity contribution in [2.45, 2.75) is 4.90 Å². The monoisotopic (exact) mass is 490 g/mol. The Labute approximate surface area is 187 Å². The van der Waals surface area contributed by atoms with Gasteiger partial charge >= 0.3 is 5.97 Å². The van der Waals surface area contributed by atoms with Crippen LogP contribution in [0.2, 0.25) is 10.0 Å². The minimum absolute atomic E-state index is 0.147. The Morgan fingerprint density at radius 2 is 1.81 bits per heavy atom. The van der Waals surface area contributed by atoms with Crippen LogP contribution >= 0.6 is 23.2 Å². The summed E-state index contributed by atoms with van der Waals surface area (Å²) in [7, 11) is -3.94. The molecule has 0 atom stereocenters. The summed E-state index contributed by atoms with van der Waals surface area (Å²) in [4.78, 5) is 24.0. The molecule has 1 fully saturated rings. The van der Waals surface area contributed by atoms with Crippen molar-refractivity contribution < 1.29 is 31.9 Å². The Kier molecular flexibility index (Phi) is 7.50. The molecule has 0 bridgehead atoms. The fourth-order valence-electron chi connectivity index (χ4n) is 2.74. The lowest BCUT2D eigenvalue weighted by Crippen LogP contribution is -2.40. The van der Waals surface area contributed by atoms with Crippen LogP contribution in [0.3, 0.4) is 0 Å². The largest absolute Gasteiger partial charge is 0.452 e. The Morgan fingerprint density at radius 1 is 1.10 bits per heavy atom. The van der Waals surface area contributed by atoms with Crippen molar-refractivity contribution in [3.05, 3.63) is 57.8 Å². The van der Waals surface area contributed by atoms with Gasteiger partial charge in [-0.2, -0.15) is 4.31 Å². The molecule has 1 amide bonds. The summed E-state index contributed by atoms with van der Waals surface area (Å²) in [5, 5.41) is 2.96. The van der Waals surface area contributed by atoms with Gasteiger partial charge in [0.1, 0.15) is 5.82 Å². The summed E-state index contributed by atoms with van der Waals surface area (Å²) in [5.74, 6) is -2.86. The third-order valence-corrected chi connectivity index (χ3v) is 6.94. The average molecular weight is 491 g/mol. The molecule has 1 aliphatic heterocycles. The SMILES string of the molecule is O=C(COC(=O)c1cc(S(=O)(=O)N2CCOCC2)ccc1F)Nc1ccc(Cl)c(Cl)c1. The highest BCUT2D eigenvalue weighted by molar-refractivity contribution is 7.89. The summed E-state index contributed by atoms with van der Waals surface area (Å²) >= 11 is 11.7. The molecular weight excluding hydrogens is 474 g/mol. The standard InChI is InChI=1S/C19H17Cl2FN2O6S/c20-15-3-1-12(9-16(15)21)23-18(25)11-30-19(26)14-10-13(2-4-17(14)22)31(27,28)24-5-7-29-8-6-24/h1-4,9-10H,5-8,11H2,(H,23,25). The first-order chi connectivity index (χ1) is 14.7. The minimum atomic E-state index is -3.94. The summed E-state index contributed by atoms with van der Waals surface area (Å²) < 4.78 is 50.7. The number of ether oxygens (including phenoxy) is 2. The van der Waals surface area contributed by atoms with Crippen LogP contribution < -0.4 is 5.32 Å². The third kappa shape index (κ3) is 5.72. The molecule has 3 rings (SSSR count). The maximum Gasteiger partial charge on any atom is 0.341 e. The molecule has 1 heterocycles. The molecule has 0 aliphatic carbocycles. The number of anilines is 1. The van der Waals surface area contributed by atoms with E-state index in [1.54, 1.807) is 0 Å². The molecule has 12 heteroatoms. The summed E-state index contributed by atoms with van der Waals surface area (Å²) in [6, 6.07) is 7.19. The van der Waals surface area contributed by atoms with Gasteiger partial charge in [-0.05, 0) is 36.4 Å². The van der Waals surface area contributed by atoms with Gasteiger partial charge in [-0.25, -0.2) is 17.6 Å². The predicted octanol–water partition coefficient (Wildman–Crippen LogP) is 2.95. The van der Waals surface area contributed by atoms with Gasteiger partial charge in [0.15, 0.2) is 6.61 Å². The number of carbonyl (C=O) groups is 2. The van der Waals surface area contributed by atoms with Crippen molar-refractivity contribution in [3.63, 3.8) is 0 Å². The predicted molar refractivity (Wildman–Crippen MR) is 111 cm³/mol. The second-order valence-electron chi connectivity index (χ2n) is 6.41. The smallest absolute Gasteiger partial charge is 0.341 e. The van der Waals surface area contributed by atoms with Crippen molar-refractivity contribution >= 4 is 50.8 Å². The minimum Gasteiger partial charge on any atom is -0.452 e. The molecule has 1 aliphatic rings. The van der Waals surface area contributed by atoms with Gasteiger partial charge in [0.25, 0.3) is 5.91 Å². The number of hydrogen-bond donors (Lipinski definition) is 1. The second kappa shape index (κ2) is 9.92. The van der Waals surface area contributed by atoms with Gasteiger partial charge in [0.05, 0.1) is 33.7 Å². The lowest BCUT2D eigenvalue weighted by molar-refractivity contribution is -0.119. The van der Waals surface area contributed by atoms with E-state index in [2.05, 4.69) is 5.32 Å². The summed E-state index contributed by atoms with van der Waals surface area (Å²) in [6.45, 7) is 0.0498. The molecule has 0 aromatic heterocycles. The van der Waals surface area contributed by atoms with Crippen LogP contribution in [0.1, 0.15) is 10.4 Å². The fourth-order valence-corrected chi connectivity index (χ4v) is 4.47. The van der Waals surface area contributed by atoms with Crippen LogP contribution in [-0.4, -0.2) is 57.5 Å².